The Hall–Kier alpha value is -3.17. The van der Waals surface area contributed by atoms with Gasteiger partial charge in [0.05, 0.1) is 17.3 Å². The van der Waals surface area contributed by atoms with Crippen LogP contribution in [0.3, 0.4) is 0 Å². The van der Waals surface area contributed by atoms with E-state index in [9.17, 15) is 9.90 Å². The van der Waals surface area contributed by atoms with E-state index in [2.05, 4.69) is 10.1 Å². The van der Waals surface area contributed by atoms with Crippen LogP contribution in [0.2, 0.25) is 10.0 Å². The number of phenols is 1. The van der Waals surface area contributed by atoms with Crippen LogP contribution in [-0.4, -0.2) is 49.1 Å². The van der Waals surface area contributed by atoms with E-state index in [1.165, 1.54) is 11.0 Å². The number of carboxylic acid groups (broad SMARTS) is 1. The third kappa shape index (κ3) is 4.79. The van der Waals surface area contributed by atoms with E-state index in [4.69, 9.17) is 38.8 Å². The van der Waals surface area contributed by atoms with Gasteiger partial charge in [0.15, 0.2) is 11.6 Å². The van der Waals surface area contributed by atoms with Crippen molar-refractivity contribution in [1.29, 1.82) is 0 Å². The predicted molar refractivity (Wildman–Crippen MR) is 125 cm³/mol. The number of hydrogen-bond acceptors (Lipinski definition) is 6. The molecule has 3 heterocycles. The molecule has 1 unspecified atom stereocenters. The molecule has 1 aliphatic heterocycles. The third-order valence-electron chi connectivity index (χ3n) is 5.74. The van der Waals surface area contributed by atoms with Crippen LogP contribution < -0.4 is 10.5 Å². The minimum Gasteiger partial charge on any atom is -0.506 e. The SMILES string of the molecule is CC(Oc1cc(-c2cnn(C3CCN(C(=O)O)CC3)c2)cnc1N)c1c(Cl)ccc(O)c1Cl. The van der Waals surface area contributed by atoms with Gasteiger partial charge in [0.2, 0.25) is 0 Å². The highest BCUT2D eigenvalue weighted by Crippen LogP contribution is 2.39. The van der Waals surface area contributed by atoms with E-state index in [1.54, 1.807) is 31.5 Å². The van der Waals surface area contributed by atoms with E-state index in [0.29, 0.717) is 42.3 Å². The molecule has 0 saturated carbocycles. The van der Waals surface area contributed by atoms with Crippen LogP contribution in [0.5, 0.6) is 11.5 Å². The second kappa shape index (κ2) is 9.36. The number of piperidine rings is 1. The minimum absolute atomic E-state index is 0.0898. The average molecular weight is 492 g/mol. The molecule has 0 radical (unpaired) electrons. The number of phenolic OH excluding ortho intramolecular Hbond substituents is 1. The van der Waals surface area contributed by atoms with Crippen LogP contribution in [0.15, 0.2) is 36.8 Å². The Morgan fingerprint density at radius 1 is 1.24 bits per heavy atom. The van der Waals surface area contributed by atoms with Crippen molar-refractivity contribution in [2.45, 2.75) is 31.9 Å². The molecule has 1 aliphatic rings. The maximum absolute atomic E-state index is 11.1. The van der Waals surface area contributed by atoms with Crippen molar-refractivity contribution in [3.8, 4) is 22.6 Å². The van der Waals surface area contributed by atoms with Crippen LogP contribution in [0.25, 0.3) is 11.1 Å². The summed E-state index contributed by atoms with van der Waals surface area (Å²) in [7, 11) is 0. The smallest absolute Gasteiger partial charge is 0.407 e. The number of halogens is 2. The molecule has 174 valence electrons. The zero-order valence-corrected chi connectivity index (χ0v) is 19.3. The monoisotopic (exact) mass is 491 g/mol. The van der Waals surface area contributed by atoms with E-state index < -0.39 is 12.2 Å². The summed E-state index contributed by atoms with van der Waals surface area (Å²) in [5, 5.41) is 24.0. The predicted octanol–water partition coefficient (Wildman–Crippen LogP) is 4.99. The fourth-order valence-electron chi connectivity index (χ4n) is 3.90. The van der Waals surface area contributed by atoms with Crippen molar-refractivity contribution in [1.82, 2.24) is 19.7 Å². The fourth-order valence-corrected chi connectivity index (χ4v) is 4.57. The molecule has 0 aliphatic carbocycles. The lowest BCUT2D eigenvalue weighted by Crippen LogP contribution is -2.38. The van der Waals surface area contributed by atoms with E-state index in [0.717, 1.165) is 11.1 Å². The van der Waals surface area contributed by atoms with Crippen LogP contribution in [0.1, 0.15) is 37.5 Å². The molecule has 1 fully saturated rings. The normalized spacial score (nSPS) is 15.4. The van der Waals surface area contributed by atoms with Gasteiger partial charge in [0.1, 0.15) is 11.9 Å². The van der Waals surface area contributed by atoms with Crippen LogP contribution in [0.4, 0.5) is 10.6 Å². The molecule has 4 N–H and O–H groups in total. The third-order valence-corrected chi connectivity index (χ3v) is 6.47. The number of anilines is 1. The van der Waals surface area contributed by atoms with Gasteiger partial charge >= 0.3 is 6.09 Å². The quantitative estimate of drug-likeness (QED) is 0.458. The molecule has 1 aromatic carbocycles. The molecular formula is C22H23Cl2N5O4. The first kappa shape index (κ1) is 23.0. The first-order valence-electron chi connectivity index (χ1n) is 10.4. The van der Waals surface area contributed by atoms with Crippen molar-refractivity contribution in [2.75, 3.05) is 18.8 Å². The van der Waals surface area contributed by atoms with Crippen LogP contribution in [-0.2, 0) is 0 Å². The number of nitrogen functional groups attached to an aromatic ring is 1. The molecule has 9 nitrogen and oxygen atoms in total. The average Bonchev–Trinajstić information content (AvgIpc) is 3.28. The lowest BCUT2D eigenvalue weighted by Gasteiger charge is -2.30. The Labute approximate surface area is 200 Å². The molecule has 1 saturated heterocycles. The van der Waals surface area contributed by atoms with Crippen molar-refractivity contribution in [3.05, 3.63) is 52.4 Å². The van der Waals surface area contributed by atoms with Crippen molar-refractivity contribution in [2.24, 2.45) is 0 Å². The number of benzene rings is 1. The topological polar surface area (TPSA) is 127 Å². The lowest BCUT2D eigenvalue weighted by atomic mass is 10.1. The number of rotatable bonds is 5. The number of aromatic nitrogens is 3. The zero-order valence-electron chi connectivity index (χ0n) is 17.8. The molecular weight excluding hydrogens is 469 g/mol. The first-order chi connectivity index (χ1) is 15.7. The summed E-state index contributed by atoms with van der Waals surface area (Å²) >= 11 is 12.5. The van der Waals surface area contributed by atoms with Gasteiger partial charge in [-0.05, 0) is 38.0 Å². The highest BCUT2D eigenvalue weighted by atomic mass is 35.5. The molecule has 1 atom stereocenters. The molecule has 0 spiro atoms. The second-order valence-electron chi connectivity index (χ2n) is 7.87. The highest BCUT2D eigenvalue weighted by Gasteiger charge is 2.24. The highest BCUT2D eigenvalue weighted by molar-refractivity contribution is 6.37. The lowest BCUT2D eigenvalue weighted by molar-refractivity contribution is 0.124. The van der Waals surface area contributed by atoms with Gasteiger partial charge in [0, 0.05) is 47.2 Å². The summed E-state index contributed by atoms with van der Waals surface area (Å²) in [4.78, 5) is 16.8. The molecule has 0 bridgehead atoms. The molecule has 2 aromatic heterocycles. The minimum atomic E-state index is -0.891. The number of hydrogen-bond donors (Lipinski definition) is 3. The maximum Gasteiger partial charge on any atom is 0.407 e. The summed E-state index contributed by atoms with van der Waals surface area (Å²) in [5.41, 5.74) is 8.07. The van der Waals surface area contributed by atoms with Crippen molar-refractivity contribution < 1.29 is 19.7 Å². The molecule has 4 rings (SSSR count). The number of aromatic hydroxyl groups is 1. The summed E-state index contributed by atoms with van der Waals surface area (Å²) in [6, 6.07) is 4.85. The van der Waals surface area contributed by atoms with Gasteiger partial charge in [-0.1, -0.05) is 23.2 Å². The van der Waals surface area contributed by atoms with Crippen LogP contribution in [0, 0.1) is 0 Å². The molecule has 11 heteroatoms. The largest absolute Gasteiger partial charge is 0.506 e. The van der Waals surface area contributed by atoms with Crippen molar-refractivity contribution in [3.63, 3.8) is 0 Å². The Bertz CT molecular complexity index is 1180. The number of nitrogens with zero attached hydrogens (tertiary/aromatic N) is 4. The molecule has 3 aromatic rings. The Kier molecular flexibility index (Phi) is 6.53. The van der Waals surface area contributed by atoms with Crippen molar-refractivity contribution >= 4 is 35.1 Å². The molecule has 33 heavy (non-hydrogen) atoms. The van der Waals surface area contributed by atoms with E-state index in [1.807, 2.05) is 10.9 Å². The Morgan fingerprint density at radius 3 is 2.67 bits per heavy atom. The van der Waals surface area contributed by atoms with Crippen LogP contribution >= 0.6 is 23.2 Å². The molecule has 1 amide bonds. The number of carbonyl (C=O) groups is 1. The van der Waals surface area contributed by atoms with Gasteiger partial charge in [-0.2, -0.15) is 5.10 Å². The zero-order chi connectivity index (χ0) is 23.7. The number of likely N-dealkylation sites (tertiary alicyclic amines) is 1. The van der Waals surface area contributed by atoms with E-state index >= 15 is 0 Å². The number of amides is 1. The van der Waals surface area contributed by atoms with Gasteiger partial charge in [-0.3, -0.25) is 4.68 Å². The number of ether oxygens (including phenoxy) is 1. The summed E-state index contributed by atoms with van der Waals surface area (Å²) < 4.78 is 7.87. The number of pyridine rings is 1. The van der Waals surface area contributed by atoms with Gasteiger partial charge in [-0.15, -0.1) is 0 Å². The van der Waals surface area contributed by atoms with Gasteiger partial charge in [-0.25, -0.2) is 9.78 Å². The first-order valence-corrected chi connectivity index (χ1v) is 11.1. The number of nitrogens with two attached hydrogens (primary N) is 1. The maximum atomic E-state index is 11.1. The Balaban J connectivity index is 1.53. The standard InChI is InChI=1S/C22H23Cl2N5O4/c1-12(19-16(23)2-3-17(30)20(19)24)33-18-8-13(9-26-21(18)25)14-10-27-29(11-14)15-4-6-28(7-5-15)22(31)32/h2-3,8-12,15,30H,4-7H2,1H3,(H2,25,26)(H,31,32). The van der Waals surface area contributed by atoms with Gasteiger partial charge in [0.25, 0.3) is 0 Å². The summed E-state index contributed by atoms with van der Waals surface area (Å²) in [5.74, 6) is 0.456. The van der Waals surface area contributed by atoms with Gasteiger partial charge < -0.3 is 25.6 Å². The second-order valence-corrected chi connectivity index (χ2v) is 8.66. The summed E-state index contributed by atoms with van der Waals surface area (Å²) in [6.07, 6.45) is 5.18. The fraction of sp³-hybridized carbons (Fsp3) is 0.318. The summed E-state index contributed by atoms with van der Waals surface area (Å²) in [6.45, 7) is 2.71. The Morgan fingerprint density at radius 2 is 1.97 bits per heavy atom. The van der Waals surface area contributed by atoms with E-state index in [-0.39, 0.29) is 22.6 Å².